The number of amides is 1. The van der Waals surface area contributed by atoms with Crippen molar-refractivity contribution in [3.05, 3.63) is 53.9 Å². The van der Waals surface area contributed by atoms with E-state index in [1.165, 1.54) is 0 Å². The van der Waals surface area contributed by atoms with E-state index in [0.717, 1.165) is 11.3 Å². The predicted molar refractivity (Wildman–Crippen MR) is 69.8 cm³/mol. The second kappa shape index (κ2) is 5.49. The molecule has 0 aliphatic heterocycles. The molecule has 1 amide bonds. The van der Waals surface area contributed by atoms with Crippen LogP contribution in [0.5, 0.6) is 0 Å². The van der Waals surface area contributed by atoms with E-state index < -0.39 is 0 Å². The summed E-state index contributed by atoms with van der Waals surface area (Å²) in [5, 5.41) is 4.09. The predicted octanol–water partition coefficient (Wildman–Crippen LogP) is 1.62. The van der Waals surface area contributed by atoms with Crippen LogP contribution >= 0.6 is 0 Å². The lowest BCUT2D eigenvalue weighted by Crippen LogP contribution is -2.28. The molecule has 0 saturated carbocycles. The van der Waals surface area contributed by atoms with Crippen molar-refractivity contribution in [2.45, 2.75) is 13.0 Å². The zero-order chi connectivity index (χ0) is 13.0. The minimum Gasteiger partial charge on any atom is -0.340 e. The quantitative estimate of drug-likeness (QED) is 0.818. The zero-order valence-corrected chi connectivity index (χ0v) is 10.7. The van der Waals surface area contributed by atoms with Crippen molar-refractivity contribution in [3.8, 4) is 0 Å². The number of carbonyl (C=O) groups excluding carboxylic acids is 1. The third-order valence-corrected chi connectivity index (χ3v) is 2.95. The first-order valence-corrected chi connectivity index (χ1v) is 5.91. The highest BCUT2D eigenvalue weighted by Gasteiger charge is 2.11. The van der Waals surface area contributed by atoms with Crippen molar-refractivity contribution in [2.75, 3.05) is 7.05 Å². The Balaban J connectivity index is 1.95. The molecule has 0 spiro atoms. The van der Waals surface area contributed by atoms with Crippen molar-refractivity contribution >= 4 is 5.91 Å². The maximum Gasteiger partial charge on any atom is 0.227 e. The maximum atomic E-state index is 12.0. The van der Waals surface area contributed by atoms with Gasteiger partial charge in [0.15, 0.2) is 0 Å². The van der Waals surface area contributed by atoms with Gasteiger partial charge in [-0.05, 0) is 11.6 Å². The number of aryl methyl sites for hydroxylation is 1. The van der Waals surface area contributed by atoms with Crippen LogP contribution in [-0.2, 0) is 24.8 Å². The maximum absolute atomic E-state index is 12.0. The summed E-state index contributed by atoms with van der Waals surface area (Å²) >= 11 is 0. The van der Waals surface area contributed by atoms with E-state index in [1.54, 1.807) is 15.8 Å². The lowest BCUT2D eigenvalue weighted by Gasteiger charge is -2.17. The Morgan fingerprint density at radius 1 is 1.28 bits per heavy atom. The molecule has 0 bridgehead atoms. The van der Waals surface area contributed by atoms with Crippen molar-refractivity contribution in [2.24, 2.45) is 7.05 Å². The number of rotatable bonds is 4. The number of carbonyl (C=O) groups is 1. The lowest BCUT2D eigenvalue weighted by molar-refractivity contribution is -0.129. The van der Waals surface area contributed by atoms with E-state index >= 15 is 0 Å². The van der Waals surface area contributed by atoms with Gasteiger partial charge in [0.05, 0.1) is 18.7 Å². The van der Waals surface area contributed by atoms with Crippen LogP contribution in [0.4, 0.5) is 0 Å². The highest BCUT2D eigenvalue weighted by Crippen LogP contribution is 2.05. The molecule has 2 rings (SSSR count). The smallest absolute Gasteiger partial charge is 0.227 e. The standard InChI is InChI=1S/C14H17N3O/c1-16(11-13-8-9-15-17(13)2)14(18)10-12-6-4-3-5-7-12/h3-9H,10-11H2,1-2H3. The van der Waals surface area contributed by atoms with Crippen LogP contribution in [-0.4, -0.2) is 27.6 Å². The van der Waals surface area contributed by atoms with Gasteiger partial charge < -0.3 is 4.90 Å². The molecule has 0 unspecified atom stereocenters. The molecule has 0 radical (unpaired) electrons. The molecule has 94 valence electrons. The summed E-state index contributed by atoms with van der Waals surface area (Å²) in [7, 11) is 3.70. The number of likely N-dealkylation sites (N-methyl/N-ethyl adjacent to an activating group) is 1. The fraction of sp³-hybridized carbons (Fsp3) is 0.286. The summed E-state index contributed by atoms with van der Waals surface area (Å²) in [6.45, 7) is 0.585. The number of hydrogen-bond donors (Lipinski definition) is 0. The molecule has 0 atom stereocenters. The number of nitrogens with zero attached hydrogens (tertiary/aromatic N) is 3. The number of benzene rings is 1. The Labute approximate surface area is 107 Å². The Hall–Kier alpha value is -2.10. The van der Waals surface area contributed by atoms with E-state index in [-0.39, 0.29) is 5.91 Å². The van der Waals surface area contributed by atoms with E-state index in [1.807, 2.05) is 50.5 Å². The molecule has 18 heavy (non-hydrogen) atoms. The molecule has 1 aromatic heterocycles. The third-order valence-electron chi connectivity index (χ3n) is 2.95. The van der Waals surface area contributed by atoms with Gasteiger partial charge in [-0.1, -0.05) is 30.3 Å². The van der Waals surface area contributed by atoms with Gasteiger partial charge in [-0.25, -0.2) is 0 Å². The molecular formula is C14H17N3O. The van der Waals surface area contributed by atoms with Crippen LogP contribution in [0.3, 0.4) is 0 Å². The van der Waals surface area contributed by atoms with Gasteiger partial charge in [-0.3, -0.25) is 9.48 Å². The Bertz CT molecular complexity index is 519. The molecule has 0 fully saturated rings. The van der Waals surface area contributed by atoms with Crippen LogP contribution in [0, 0.1) is 0 Å². The highest BCUT2D eigenvalue weighted by molar-refractivity contribution is 5.78. The number of hydrogen-bond acceptors (Lipinski definition) is 2. The van der Waals surface area contributed by atoms with Gasteiger partial charge in [0, 0.05) is 20.3 Å². The van der Waals surface area contributed by atoms with Crippen molar-refractivity contribution < 1.29 is 4.79 Å². The molecule has 2 aromatic rings. The van der Waals surface area contributed by atoms with Crippen LogP contribution in [0.1, 0.15) is 11.3 Å². The highest BCUT2D eigenvalue weighted by atomic mass is 16.2. The summed E-state index contributed by atoms with van der Waals surface area (Å²) in [6, 6.07) is 11.7. The zero-order valence-electron chi connectivity index (χ0n) is 10.7. The van der Waals surface area contributed by atoms with Crippen LogP contribution < -0.4 is 0 Å². The first-order chi connectivity index (χ1) is 8.66. The van der Waals surface area contributed by atoms with Crippen molar-refractivity contribution in [3.63, 3.8) is 0 Å². The monoisotopic (exact) mass is 243 g/mol. The SMILES string of the molecule is CN(Cc1ccnn1C)C(=O)Cc1ccccc1. The van der Waals surface area contributed by atoms with E-state index in [9.17, 15) is 4.79 Å². The van der Waals surface area contributed by atoms with Gasteiger partial charge in [-0.2, -0.15) is 5.10 Å². The lowest BCUT2D eigenvalue weighted by atomic mass is 10.1. The van der Waals surface area contributed by atoms with Crippen LogP contribution in [0.15, 0.2) is 42.6 Å². The van der Waals surface area contributed by atoms with Gasteiger partial charge >= 0.3 is 0 Å². The molecule has 4 heteroatoms. The summed E-state index contributed by atoms with van der Waals surface area (Å²) in [5.74, 6) is 0.113. The molecule has 1 aromatic carbocycles. The summed E-state index contributed by atoms with van der Waals surface area (Å²) in [6.07, 6.45) is 2.18. The minimum absolute atomic E-state index is 0.113. The molecule has 0 N–H and O–H groups in total. The molecule has 0 saturated heterocycles. The second-order valence-corrected chi connectivity index (χ2v) is 4.36. The summed E-state index contributed by atoms with van der Waals surface area (Å²) in [5.41, 5.74) is 2.07. The van der Waals surface area contributed by atoms with Gasteiger partial charge in [0.2, 0.25) is 5.91 Å². The average Bonchev–Trinajstić information content (AvgIpc) is 2.76. The first kappa shape index (κ1) is 12.4. The molecule has 1 heterocycles. The number of aromatic nitrogens is 2. The summed E-state index contributed by atoms with van der Waals surface area (Å²) < 4.78 is 1.78. The largest absolute Gasteiger partial charge is 0.340 e. The van der Waals surface area contributed by atoms with E-state index in [2.05, 4.69) is 5.10 Å². The normalized spacial score (nSPS) is 10.3. The van der Waals surface area contributed by atoms with Gasteiger partial charge in [0.1, 0.15) is 0 Å². The van der Waals surface area contributed by atoms with Crippen LogP contribution in [0.2, 0.25) is 0 Å². The Kier molecular flexibility index (Phi) is 3.77. The van der Waals surface area contributed by atoms with Crippen molar-refractivity contribution in [1.29, 1.82) is 0 Å². The first-order valence-electron chi connectivity index (χ1n) is 5.91. The average molecular weight is 243 g/mol. The molecular weight excluding hydrogens is 226 g/mol. The van der Waals surface area contributed by atoms with Crippen molar-refractivity contribution in [1.82, 2.24) is 14.7 Å². The molecule has 0 aliphatic rings. The Morgan fingerprint density at radius 2 is 2.00 bits per heavy atom. The van der Waals surface area contributed by atoms with Gasteiger partial charge in [0.25, 0.3) is 0 Å². The second-order valence-electron chi connectivity index (χ2n) is 4.36. The third kappa shape index (κ3) is 2.97. The summed E-state index contributed by atoms with van der Waals surface area (Å²) in [4.78, 5) is 13.8. The molecule has 0 aliphatic carbocycles. The fourth-order valence-electron chi connectivity index (χ4n) is 1.79. The Morgan fingerprint density at radius 3 is 2.61 bits per heavy atom. The van der Waals surface area contributed by atoms with E-state index in [4.69, 9.17) is 0 Å². The molecule has 4 nitrogen and oxygen atoms in total. The van der Waals surface area contributed by atoms with E-state index in [0.29, 0.717) is 13.0 Å². The fourth-order valence-corrected chi connectivity index (χ4v) is 1.79. The minimum atomic E-state index is 0.113. The topological polar surface area (TPSA) is 38.1 Å². The van der Waals surface area contributed by atoms with Gasteiger partial charge in [-0.15, -0.1) is 0 Å². The van der Waals surface area contributed by atoms with Crippen LogP contribution in [0.25, 0.3) is 0 Å².